The Labute approximate surface area is 98.9 Å². The number of carboxylic acid groups (broad SMARTS) is 1. The number of nitrogens with one attached hydrogen (secondary N) is 1. The van der Waals surface area contributed by atoms with E-state index in [0.29, 0.717) is 17.9 Å². The lowest BCUT2D eigenvalue weighted by Crippen LogP contribution is -2.00. The molecule has 0 radical (unpaired) electrons. The van der Waals surface area contributed by atoms with Gasteiger partial charge in [-0.1, -0.05) is 18.2 Å². The highest BCUT2D eigenvalue weighted by Crippen LogP contribution is 2.31. The number of carboxylic acids is 1. The Balaban J connectivity index is 2.52. The van der Waals surface area contributed by atoms with E-state index in [0.717, 1.165) is 5.56 Å². The maximum Gasteiger partial charge on any atom is 0.352 e. The molecule has 0 aliphatic carbocycles. The standard InChI is InChI=1S/C13H13NO3/c1-2-17-11-6-4-3-5-9(11)10-7-8-14-12(10)13(15)16/h3-8,14H,2H2,1H3,(H,15,16). The summed E-state index contributed by atoms with van der Waals surface area (Å²) in [5, 5.41) is 9.06. The van der Waals surface area contributed by atoms with Crippen LogP contribution in [0.5, 0.6) is 5.75 Å². The smallest absolute Gasteiger partial charge is 0.352 e. The number of hydrogen-bond donors (Lipinski definition) is 2. The predicted molar refractivity (Wildman–Crippen MR) is 64.4 cm³/mol. The molecule has 1 aromatic heterocycles. The molecule has 0 saturated carbocycles. The van der Waals surface area contributed by atoms with Crippen molar-refractivity contribution in [3.63, 3.8) is 0 Å². The van der Waals surface area contributed by atoms with Crippen molar-refractivity contribution < 1.29 is 14.6 Å². The molecule has 1 heterocycles. The van der Waals surface area contributed by atoms with Crippen LogP contribution in [0.2, 0.25) is 0 Å². The van der Waals surface area contributed by atoms with Crippen LogP contribution in [0.3, 0.4) is 0 Å². The molecule has 2 N–H and O–H groups in total. The highest BCUT2D eigenvalue weighted by Gasteiger charge is 2.15. The first kappa shape index (κ1) is 11.3. The van der Waals surface area contributed by atoms with Crippen molar-refractivity contribution in [3.8, 4) is 16.9 Å². The van der Waals surface area contributed by atoms with Gasteiger partial charge in [-0.15, -0.1) is 0 Å². The average molecular weight is 231 g/mol. The van der Waals surface area contributed by atoms with E-state index >= 15 is 0 Å². The summed E-state index contributed by atoms with van der Waals surface area (Å²) in [7, 11) is 0. The van der Waals surface area contributed by atoms with Crippen LogP contribution < -0.4 is 4.74 Å². The van der Waals surface area contributed by atoms with Gasteiger partial charge >= 0.3 is 5.97 Å². The Bertz CT molecular complexity index is 531. The highest BCUT2D eigenvalue weighted by molar-refractivity contribution is 5.95. The van der Waals surface area contributed by atoms with E-state index in [2.05, 4.69) is 4.98 Å². The molecular formula is C13H13NO3. The van der Waals surface area contributed by atoms with E-state index in [1.54, 1.807) is 12.3 Å². The average Bonchev–Trinajstić information content (AvgIpc) is 2.79. The molecule has 0 amide bonds. The molecule has 17 heavy (non-hydrogen) atoms. The van der Waals surface area contributed by atoms with Gasteiger partial charge in [0.05, 0.1) is 6.61 Å². The van der Waals surface area contributed by atoms with Gasteiger partial charge in [0.2, 0.25) is 0 Å². The molecular weight excluding hydrogens is 218 g/mol. The Morgan fingerprint density at radius 1 is 1.29 bits per heavy atom. The van der Waals surface area contributed by atoms with Crippen molar-refractivity contribution in [1.82, 2.24) is 4.98 Å². The quantitative estimate of drug-likeness (QED) is 0.850. The summed E-state index contributed by atoms with van der Waals surface area (Å²) in [5.74, 6) is -0.284. The first-order chi connectivity index (χ1) is 8.24. The minimum Gasteiger partial charge on any atom is -0.493 e. The topological polar surface area (TPSA) is 62.3 Å². The first-order valence-electron chi connectivity index (χ1n) is 5.37. The first-order valence-corrected chi connectivity index (χ1v) is 5.37. The van der Waals surface area contributed by atoms with Crippen molar-refractivity contribution >= 4 is 5.97 Å². The second kappa shape index (κ2) is 4.74. The van der Waals surface area contributed by atoms with E-state index < -0.39 is 5.97 Å². The maximum atomic E-state index is 11.1. The molecule has 0 aliphatic heterocycles. The fourth-order valence-corrected chi connectivity index (χ4v) is 1.74. The number of H-pyrrole nitrogens is 1. The Kier molecular flexibility index (Phi) is 3.14. The fraction of sp³-hybridized carbons (Fsp3) is 0.154. The number of aromatic carboxylic acids is 1. The molecule has 2 rings (SSSR count). The third-order valence-corrected chi connectivity index (χ3v) is 2.44. The molecule has 1 aromatic carbocycles. The molecule has 4 heteroatoms. The predicted octanol–water partition coefficient (Wildman–Crippen LogP) is 2.78. The molecule has 0 fully saturated rings. The number of para-hydroxylation sites is 1. The van der Waals surface area contributed by atoms with Crippen LogP contribution in [0.1, 0.15) is 17.4 Å². The van der Waals surface area contributed by atoms with Gasteiger partial charge in [-0.25, -0.2) is 4.79 Å². The van der Waals surface area contributed by atoms with Crippen LogP contribution in [0.4, 0.5) is 0 Å². The highest BCUT2D eigenvalue weighted by atomic mass is 16.5. The molecule has 0 aliphatic rings. The minimum absolute atomic E-state index is 0.178. The molecule has 88 valence electrons. The maximum absolute atomic E-state index is 11.1. The summed E-state index contributed by atoms with van der Waals surface area (Å²) in [6, 6.07) is 9.14. The van der Waals surface area contributed by atoms with Gasteiger partial charge < -0.3 is 14.8 Å². The normalized spacial score (nSPS) is 10.2. The SMILES string of the molecule is CCOc1ccccc1-c1cc[nH]c1C(=O)O. The summed E-state index contributed by atoms with van der Waals surface area (Å²) < 4.78 is 5.49. The number of aromatic nitrogens is 1. The summed E-state index contributed by atoms with van der Waals surface area (Å²) in [6.07, 6.45) is 1.61. The number of hydrogen-bond acceptors (Lipinski definition) is 2. The van der Waals surface area contributed by atoms with Crippen LogP contribution in [0.15, 0.2) is 36.5 Å². The monoisotopic (exact) mass is 231 g/mol. The van der Waals surface area contributed by atoms with Crippen LogP contribution in [0.25, 0.3) is 11.1 Å². The summed E-state index contributed by atoms with van der Waals surface area (Å²) in [4.78, 5) is 13.8. The van der Waals surface area contributed by atoms with Crippen LogP contribution in [-0.4, -0.2) is 22.7 Å². The van der Waals surface area contributed by atoms with E-state index in [1.165, 1.54) is 0 Å². The summed E-state index contributed by atoms with van der Waals surface area (Å²) >= 11 is 0. The molecule has 2 aromatic rings. The van der Waals surface area contributed by atoms with Gasteiger partial charge in [0.25, 0.3) is 0 Å². The van der Waals surface area contributed by atoms with Gasteiger partial charge in [0, 0.05) is 17.3 Å². The number of benzene rings is 1. The van der Waals surface area contributed by atoms with Gasteiger partial charge in [0.1, 0.15) is 11.4 Å². The number of rotatable bonds is 4. The van der Waals surface area contributed by atoms with Crippen molar-refractivity contribution in [2.45, 2.75) is 6.92 Å². The molecule has 0 unspecified atom stereocenters. The largest absolute Gasteiger partial charge is 0.493 e. The fourth-order valence-electron chi connectivity index (χ4n) is 1.74. The zero-order valence-corrected chi connectivity index (χ0v) is 9.43. The molecule has 0 spiro atoms. The number of carbonyl (C=O) groups is 1. The Morgan fingerprint density at radius 2 is 2.06 bits per heavy atom. The van der Waals surface area contributed by atoms with Gasteiger partial charge in [-0.05, 0) is 19.1 Å². The second-order valence-electron chi connectivity index (χ2n) is 3.50. The van der Waals surface area contributed by atoms with Crippen LogP contribution in [0, 0.1) is 0 Å². The van der Waals surface area contributed by atoms with Gasteiger partial charge in [-0.2, -0.15) is 0 Å². The second-order valence-corrected chi connectivity index (χ2v) is 3.50. The molecule has 0 bridgehead atoms. The van der Waals surface area contributed by atoms with Crippen molar-refractivity contribution in [1.29, 1.82) is 0 Å². The van der Waals surface area contributed by atoms with Crippen molar-refractivity contribution in [3.05, 3.63) is 42.2 Å². The van der Waals surface area contributed by atoms with Crippen LogP contribution >= 0.6 is 0 Å². The Morgan fingerprint density at radius 3 is 2.76 bits per heavy atom. The molecule has 4 nitrogen and oxygen atoms in total. The van der Waals surface area contributed by atoms with E-state index in [9.17, 15) is 4.79 Å². The van der Waals surface area contributed by atoms with E-state index in [1.807, 2.05) is 31.2 Å². The van der Waals surface area contributed by atoms with Crippen molar-refractivity contribution in [2.75, 3.05) is 6.61 Å². The van der Waals surface area contributed by atoms with Crippen LogP contribution in [-0.2, 0) is 0 Å². The summed E-state index contributed by atoms with van der Waals surface area (Å²) in [5.41, 5.74) is 1.60. The molecule has 0 saturated heterocycles. The zero-order valence-electron chi connectivity index (χ0n) is 9.43. The third kappa shape index (κ3) is 2.15. The van der Waals surface area contributed by atoms with E-state index in [4.69, 9.17) is 9.84 Å². The lowest BCUT2D eigenvalue weighted by Gasteiger charge is -2.09. The number of aromatic amines is 1. The van der Waals surface area contributed by atoms with Gasteiger partial charge in [0.15, 0.2) is 0 Å². The molecule has 0 atom stereocenters. The summed E-state index contributed by atoms with van der Waals surface area (Å²) in [6.45, 7) is 2.44. The van der Waals surface area contributed by atoms with Gasteiger partial charge in [-0.3, -0.25) is 0 Å². The van der Waals surface area contributed by atoms with Crippen molar-refractivity contribution in [2.24, 2.45) is 0 Å². The third-order valence-electron chi connectivity index (χ3n) is 2.44. The zero-order chi connectivity index (χ0) is 12.3. The Hall–Kier alpha value is -2.23. The van der Waals surface area contributed by atoms with E-state index in [-0.39, 0.29) is 5.69 Å². The lowest BCUT2D eigenvalue weighted by atomic mass is 10.1. The minimum atomic E-state index is -0.976. The lowest BCUT2D eigenvalue weighted by molar-refractivity contribution is 0.0692. The number of ether oxygens (including phenoxy) is 1.